The van der Waals surface area contributed by atoms with E-state index in [4.69, 9.17) is 14.2 Å². The van der Waals surface area contributed by atoms with Crippen molar-refractivity contribution in [3.63, 3.8) is 0 Å². The van der Waals surface area contributed by atoms with E-state index in [9.17, 15) is 9.59 Å². The van der Waals surface area contributed by atoms with Crippen molar-refractivity contribution in [2.24, 2.45) is 5.41 Å². The maximum absolute atomic E-state index is 11.8. The molecule has 0 amide bonds. The smallest absolute Gasteiger partial charge is 0.373 e. The molecular weight excluding hydrogens is 272 g/mol. The van der Waals surface area contributed by atoms with Crippen LogP contribution < -0.4 is 0 Å². The predicted octanol–water partition coefficient (Wildman–Crippen LogP) is 3.00. The highest BCUT2D eigenvalue weighted by Crippen LogP contribution is 2.24. The maximum atomic E-state index is 11.8. The minimum absolute atomic E-state index is 0.0495. The molecule has 0 fully saturated rings. The summed E-state index contributed by atoms with van der Waals surface area (Å²) in [5.74, 6) is -1.08. The number of hydrogen-bond donors (Lipinski definition) is 0. The Hall–Kier alpha value is -1.78. The Kier molecular flexibility index (Phi) is 7.77. The van der Waals surface area contributed by atoms with Gasteiger partial charge in [-0.2, -0.15) is 0 Å². The van der Waals surface area contributed by atoms with Gasteiger partial charge < -0.3 is 14.2 Å². The molecule has 1 atom stereocenters. The molecule has 0 saturated heterocycles. The Morgan fingerprint density at radius 2 is 1.71 bits per heavy atom. The monoisotopic (exact) mass is 298 g/mol. The van der Waals surface area contributed by atoms with Crippen molar-refractivity contribution >= 4 is 11.9 Å². The Morgan fingerprint density at radius 3 is 2.14 bits per heavy atom. The fourth-order valence-corrected chi connectivity index (χ4v) is 1.32. The van der Waals surface area contributed by atoms with E-state index in [1.165, 1.54) is 7.11 Å². The topological polar surface area (TPSA) is 61.8 Å². The maximum Gasteiger partial charge on any atom is 0.373 e. The molecule has 0 N–H and O–H groups in total. The van der Waals surface area contributed by atoms with Crippen LogP contribution in [0.4, 0.5) is 0 Å². The zero-order valence-corrected chi connectivity index (χ0v) is 13.7. The molecule has 120 valence electrons. The highest BCUT2D eigenvalue weighted by Gasteiger charge is 2.23. The molecule has 5 heteroatoms. The van der Waals surface area contributed by atoms with E-state index in [2.05, 4.69) is 13.2 Å². The first-order chi connectivity index (χ1) is 9.63. The van der Waals surface area contributed by atoms with Gasteiger partial charge in [0.25, 0.3) is 0 Å². The lowest BCUT2D eigenvalue weighted by Crippen LogP contribution is -2.23. The summed E-state index contributed by atoms with van der Waals surface area (Å²) in [6, 6.07) is 0. The molecule has 0 heterocycles. The second-order valence-corrected chi connectivity index (χ2v) is 5.72. The van der Waals surface area contributed by atoms with Crippen LogP contribution in [0.1, 0.15) is 40.5 Å². The molecule has 21 heavy (non-hydrogen) atoms. The molecule has 0 aliphatic carbocycles. The second kappa shape index (κ2) is 8.49. The van der Waals surface area contributed by atoms with E-state index < -0.39 is 11.9 Å². The van der Waals surface area contributed by atoms with Crippen LogP contribution in [0.5, 0.6) is 0 Å². The lowest BCUT2D eigenvalue weighted by atomic mass is 9.88. The van der Waals surface area contributed by atoms with Crippen LogP contribution in [0.25, 0.3) is 0 Å². The molecule has 0 aromatic carbocycles. The van der Waals surface area contributed by atoms with Crippen LogP contribution in [0.3, 0.4) is 0 Å². The van der Waals surface area contributed by atoms with Crippen LogP contribution in [0, 0.1) is 5.41 Å². The third kappa shape index (κ3) is 6.97. The summed E-state index contributed by atoms with van der Waals surface area (Å²) in [7, 11) is 1.35. The van der Waals surface area contributed by atoms with Crippen LogP contribution >= 0.6 is 0 Å². The first-order valence-electron chi connectivity index (χ1n) is 6.93. The van der Waals surface area contributed by atoms with Gasteiger partial charge in [0.15, 0.2) is 5.76 Å². The summed E-state index contributed by atoms with van der Waals surface area (Å²) in [5, 5.41) is 0. The fraction of sp³-hybridized carbons (Fsp3) is 0.625. The van der Waals surface area contributed by atoms with Gasteiger partial charge in [-0.1, -0.05) is 34.3 Å². The van der Waals surface area contributed by atoms with Gasteiger partial charge in [-0.3, -0.25) is 0 Å². The molecule has 0 bridgehead atoms. The number of hydrogen-bond acceptors (Lipinski definition) is 5. The van der Waals surface area contributed by atoms with Crippen LogP contribution in [-0.4, -0.2) is 31.8 Å². The lowest BCUT2D eigenvalue weighted by Gasteiger charge is -2.21. The van der Waals surface area contributed by atoms with E-state index in [1.807, 2.05) is 27.7 Å². The van der Waals surface area contributed by atoms with Crippen molar-refractivity contribution in [1.29, 1.82) is 0 Å². The minimum atomic E-state index is -0.602. The summed E-state index contributed by atoms with van der Waals surface area (Å²) in [6.07, 6.45) is 0.684. The molecular formula is C16H26O5. The minimum Gasteiger partial charge on any atom is -0.490 e. The first-order valence-corrected chi connectivity index (χ1v) is 6.93. The van der Waals surface area contributed by atoms with Crippen molar-refractivity contribution < 1.29 is 23.8 Å². The van der Waals surface area contributed by atoms with E-state index in [0.29, 0.717) is 18.4 Å². The molecule has 0 aliphatic heterocycles. The highest BCUT2D eigenvalue weighted by atomic mass is 16.6. The summed E-state index contributed by atoms with van der Waals surface area (Å²) < 4.78 is 15.0. The quantitative estimate of drug-likeness (QED) is 0.391. The molecule has 0 spiro atoms. The molecule has 0 radical (unpaired) electrons. The third-order valence-electron chi connectivity index (χ3n) is 3.03. The molecule has 0 rings (SSSR count). The van der Waals surface area contributed by atoms with Gasteiger partial charge in [0, 0.05) is 12.0 Å². The van der Waals surface area contributed by atoms with Crippen LogP contribution in [-0.2, 0) is 23.8 Å². The van der Waals surface area contributed by atoms with Gasteiger partial charge in [-0.25, -0.2) is 9.59 Å². The zero-order chi connectivity index (χ0) is 16.6. The van der Waals surface area contributed by atoms with Gasteiger partial charge in [0.2, 0.25) is 0 Å². The molecule has 0 aliphatic rings. The number of methoxy groups -OCH3 is 1. The van der Waals surface area contributed by atoms with Gasteiger partial charge in [-0.15, -0.1) is 0 Å². The van der Waals surface area contributed by atoms with E-state index >= 15 is 0 Å². The first kappa shape index (κ1) is 19.2. The van der Waals surface area contributed by atoms with Crippen molar-refractivity contribution in [2.45, 2.75) is 46.6 Å². The number of esters is 2. The SMILES string of the molecule is C=C(OC)C(=O)OC(CC)CCOC(=O)C(=C)C(C)(C)C. The van der Waals surface area contributed by atoms with E-state index in [1.54, 1.807) is 0 Å². The Bertz CT molecular complexity index is 403. The Labute approximate surface area is 126 Å². The fourth-order valence-electron chi connectivity index (χ4n) is 1.32. The largest absolute Gasteiger partial charge is 0.490 e. The average molecular weight is 298 g/mol. The zero-order valence-electron chi connectivity index (χ0n) is 13.7. The molecule has 0 saturated carbocycles. The highest BCUT2D eigenvalue weighted by molar-refractivity contribution is 5.89. The van der Waals surface area contributed by atoms with Gasteiger partial charge in [0.05, 0.1) is 13.7 Å². The second-order valence-electron chi connectivity index (χ2n) is 5.72. The number of rotatable bonds is 8. The Morgan fingerprint density at radius 1 is 1.14 bits per heavy atom. The van der Waals surface area contributed by atoms with Crippen molar-refractivity contribution in [1.82, 2.24) is 0 Å². The van der Waals surface area contributed by atoms with Crippen LogP contribution in [0.2, 0.25) is 0 Å². The average Bonchev–Trinajstić information content (AvgIpc) is 2.42. The normalized spacial score (nSPS) is 12.2. The van der Waals surface area contributed by atoms with Crippen molar-refractivity contribution in [3.05, 3.63) is 24.5 Å². The van der Waals surface area contributed by atoms with Gasteiger partial charge in [0.1, 0.15) is 6.10 Å². The molecule has 0 aromatic heterocycles. The number of carbonyl (C=O) groups excluding carboxylic acids is 2. The number of carbonyl (C=O) groups is 2. The Balaban J connectivity index is 4.25. The number of ether oxygens (including phenoxy) is 3. The standard InChI is InChI=1S/C16H26O5/c1-8-13(21-15(18)12(3)19-7)9-10-20-14(17)11(2)16(4,5)6/h13H,2-3,8-10H2,1,4-7H3. The predicted molar refractivity (Wildman–Crippen MR) is 80.5 cm³/mol. The van der Waals surface area contributed by atoms with Gasteiger partial charge >= 0.3 is 11.9 Å². The van der Waals surface area contributed by atoms with Crippen molar-refractivity contribution in [2.75, 3.05) is 13.7 Å². The summed E-state index contributed by atoms with van der Waals surface area (Å²) >= 11 is 0. The molecule has 0 aromatic rings. The van der Waals surface area contributed by atoms with Crippen molar-refractivity contribution in [3.8, 4) is 0 Å². The summed E-state index contributed by atoms with van der Waals surface area (Å²) in [4.78, 5) is 23.3. The van der Waals surface area contributed by atoms with E-state index in [-0.39, 0.29) is 23.9 Å². The third-order valence-corrected chi connectivity index (χ3v) is 3.03. The molecule has 5 nitrogen and oxygen atoms in total. The lowest BCUT2D eigenvalue weighted by molar-refractivity contribution is -0.149. The van der Waals surface area contributed by atoms with E-state index in [0.717, 1.165) is 0 Å². The van der Waals surface area contributed by atoms with Crippen LogP contribution in [0.15, 0.2) is 24.5 Å². The molecule has 1 unspecified atom stereocenters. The van der Waals surface area contributed by atoms with Gasteiger partial charge in [-0.05, 0) is 18.4 Å². The summed E-state index contributed by atoms with van der Waals surface area (Å²) in [5.41, 5.74) is 0.0875. The summed E-state index contributed by atoms with van der Waals surface area (Å²) in [6.45, 7) is 14.9.